The summed E-state index contributed by atoms with van der Waals surface area (Å²) in [6.07, 6.45) is 1.07. The Morgan fingerprint density at radius 3 is 2.62 bits per heavy atom. The molecule has 1 atom stereocenters. The van der Waals surface area contributed by atoms with Crippen LogP contribution in [-0.2, 0) is 0 Å². The fraction of sp³-hybridized carbons (Fsp3) is 0.667. The maximum atomic E-state index is 10.9. The van der Waals surface area contributed by atoms with Crippen molar-refractivity contribution >= 4 is 5.78 Å². The summed E-state index contributed by atoms with van der Waals surface area (Å²) in [5, 5.41) is 3.79. The molecule has 1 aromatic heterocycles. The van der Waals surface area contributed by atoms with E-state index in [-0.39, 0.29) is 17.1 Å². The van der Waals surface area contributed by atoms with Gasteiger partial charge in [0.15, 0.2) is 5.82 Å². The molecule has 1 saturated carbocycles. The second-order valence-corrected chi connectivity index (χ2v) is 4.26. The molecule has 1 aromatic rings. The number of rotatable bonds is 2. The fourth-order valence-corrected chi connectivity index (χ4v) is 1.43. The van der Waals surface area contributed by atoms with Crippen molar-refractivity contribution in [2.24, 2.45) is 5.41 Å². The Bertz CT molecular complexity index is 354. The Balaban J connectivity index is 2.20. The lowest BCUT2D eigenvalue weighted by Gasteiger charge is -1.95. The quantitative estimate of drug-likeness (QED) is 0.651. The highest BCUT2D eigenvalue weighted by molar-refractivity contribution is 5.89. The molecule has 0 aliphatic heterocycles. The van der Waals surface area contributed by atoms with Crippen molar-refractivity contribution < 1.29 is 9.32 Å². The molecule has 70 valence electrons. The molecule has 0 amide bonds. The van der Waals surface area contributed by atoms with Crippen LogP contribution in [0.5, 0.6) is 0 Å². The number of hydrogen-bond donors (Lipinski definition) is 0. The van der Waals surface area contributed by atoms with E-state index in [0.29, 0.717) is 11.7 Å². The molecule has 1 heterocycles. The predicted molar refractivity (Wildman–Crippen MR) is 45.4 cm³/mol. The number of carbonyl (C=O) groups is 1. The van der Waals surface area contributed by atoms with Gasteiger partial charge in [-0.05, 0) is 11.8 Å². The average Bonchev–Trinajstić information content (AvgIpc) is 2.50. The maximum Gasteiger partial charge on any atom is 0.293 e. The van der Waals surface area contributed by atoms with Crippen LogP contribution in [0.25, 0.3) is 0 Å². The second kappa shape index (κ2) is 2.40. The highest BCUT2D eigenvalue weighted by Crippen LogP contribution is 2.57. The number of Topliss-reactive ketones (excluding diaryl/α,β-unsaturated/α-hetero) is 1. The number of aromatic nitrogens is 2. The van der Waals surface area contributed by atoms with Crippen LogP contribution < -0.4 is 0 Å². The van der Waals surface area contributed by atoms with Gasteiger partial charge in [-0.2, -0.15) is 4.98 Å². The molecule has 0 radical (unpaired) electrons. The first-order valence-electron chi connectivity index (χ1n) is 4.35. The number of carbonyl (C=O) groups excluding carboxylic acids is 1. The lowest BCUT2D eigenvalue weighted by molar-refractivity contribution is 0.0972. The monoisotopic (exact) mass is 180 g/mol. The Morgan fingerprint density at radius 2 is 2.23 bits per heavy atom. The van der Waals surface area contributed by atoms with Crippen molar-refractivity contribution in [3.05, 3.63) is 11.7 Å². The minimum Gasteiger partial charge on any atom is -0.331 e. The molecule has 1 unspecified atom stereocenters. The molecular weight excluding hydrogens is 168 g/mol. The number of nitrogens with zero attached hydrogens (tertiary/aromatic N) is 2. The maximum absolute atomic E-state index is 10.9. The Morgan fingerprint density at radius 1 is 1.62 bits per heavy atom. The van der Waals surface area contributed by atoms with E-state index >= 15 is 0 Å². The molecule has 4 nitrogen and oxygen atoms in total. The van der Waals surface area contributed by atoms with Gasteiger partial charge in [0.05, 0.1) is 0 Å². The Hall–Kier alpha value is -1.19. The average molecular weight is 180 g/mol. The van der Waals surface area contributed by atoms with Crippen LogP contribution >= 0.6 is 0 Å². The minimum atomic E-state index is -0.169. The van der Waals surface area contributed by atoms with E-state index < -0.39 is 0 Å². The van der Waals surface area contributed by atoms with Gasteiger partial charge < -0.3 is 4.52 Å². The van der Waals surface area contributed by atoms with Gasteiger partial charge >= 0.3 is 0 Å². The van der Waals surface area contributed by atoms with Crippen molar-refractivity contribution in [1.29, 1.82) is 0 Å². The van der Waals surface area contributed by atoms with E-state index in [1.54, 1.807) is 0 Å². The van der Waals surface area contributed by atoms with Crippen LogP contribution in [0.3, 0.4) is 0 Å². The third-order valence-electron chi connectivity index (χ3n) is 2.57. The summed E-state index contributed by atoms with van der Waals surface area (Å²) in [5.41, 5.74) is 0.276. The van der Waals surface area contributed by atoms with Crippen LogP contribution in [-0.4, -0.2) is 15.9 Å². The van der Waals surface area contributed by atoms with Crippen LogP contribution in [0, 0.1) is 5.41 Å². The first-order chi connectivity index (χ1) is 6.00. The zero-order valence-corrected chi connectivity index (χ0v) is 8.00. The van der Waals surface area contributed by atoms with E-state index in [0.717, 1.165) is 6.42 Å². The SMILES string of the molecule is CC(=O)c1nc(C2CC2(C)C)no1. The zero-order chi connectivity index (χ0) is 9.64. The van der Waals surface area contributed by atoms with E-state index in [1.165, 1.54) is 6.92 Å². The van der Waals surface area contributed by atoms with Crippen molar-refractivity contribution in [1.82, 2.24) is 10.1 Å². The lowest BCUT2D eigenvalue weighted by atomic mass is 10.1. The van der Waals surface area contributed by atoms with Gasteiger partial charge in [0, 0.05) is 12.8 Å². The van der Waals surface area contributed by atoms with Gasteiger partial charge in [0.2, 0.25) is 5.78 Å². The van der Waals surface area contributed by atoms with Gasteiger partial charge in [-0.25, -0.2) is 0 Å². The van der Waals surface area contributed by atoms with Gasteiger partial charge in [0.25, 0.3) is 5.89 Å². The molecule has 2 rings (SSSR count). The third-order valence-corrected chi connectivity index (χ3v) is 2.57. The van der Waals surface area contributed by atoms with Gasteiger partial charge in [-0.15, -0.1) is 0 Å². The molecule has 4 heteroatoms. The molecule has 0 saturated heterocycles. The largest absolute Gasteiger partial charge is 0.331 e. The van der Waals surface area contributed by atoms with Gasteiger partial charge in [-0.1, -0.05) is 19.0 Å². The van der Waals surface area contributed by atoms with Crippen LogP contribution in [0.2, 0.25) is 0 Å². The standard InChI is InChI=1S/C9H12N2O2/c1-5(12)8-10-7(11-13-8)6-4-9(6,2)3/h6H,4H2,1-3H3. The van der Waals surface area contributed by atoms with E-state index in [2.05, 4.69) is 24.0 Å². The van der Waals surface area contributed by atoms with Crippen molar-refractivity contribution in [2.45, 2.75) is 33.1 Å². The van der Waals surface area contributed by atoms with Crippen molar-refractivity contribution in [3.63, 3.8) is 0 Å². The summed E-state index contributed by atoms with van der Waals surface area (Å²) >= 11 is 0. The number of hydrogen-bond acceptors (Lipinski definition) is 4. The lowest BCUT2D eigenvalue weighted by Crippen LogP contribution is -1.94. The molecule has 0 bridgehead atoms. The molecule has 0 aromatic carbocycles. The fourth-order valence-electron chi connectivity index (χ4n) is 1.43. The first kappa shape index (κ1) is 8.41. The summed E-state index contributed by atoms with van der Waals surface area (Å²) in [6, 6.07) is 0. The normalized spacial score (nSPS) is 24.4. The Kier molecular flexibility index (Phi) is 1.55. The summed E-state index contributed by atoms with van der Waals surface area (Å²) in [6.45, 7) is 5.73. The van der Waals surface area contributed by atoms with E-state index in [9.17, 15) is 4.79 Å². The van der Waals surface area contributed by atoms with Gasteiger partial charge in [0.1, 0.15) is 0 Å². The zero-order valence-electron chi connectivity index (χ0n) is 8.00. The summed E-state index contributed by atoms with van der Waals surface area (Å²) in [5.74, 6) is 0.995. The molecule has 1 aliphatic rings. The molecule has 1 aliphatic carbocycles. The second-order valence-electron chi connectivity index (χ2n) is 4.26. The highest BCUT2D eigenvalue weighted by Gasteiger charge is 2.49. The molecule has 13 heavy (non-hydrogen) atoms. The molecule has 0 spiro atoms. The first-order valence-corrected chi connectivity index (χ1v) is 4.35. The third kappa shape index (κ3) is 1.36. The van der Waals surface area contributed by atoms with Crippen LogP contribution in [0.15, 0.2) is 4.52 Å². The topological polar surface area (TPSA) is 56.0 Å². The summed E-state index contributed by atoms with van der Waals surface area (Å²) in [7, 11) is 0. The molecular formula is C9H12N2O2. The van der Waals surface area contributed by atoms with Crippen molar-refractivity contribution in [2.75, 3.05) is 0 Å². The summed E-state index contributed by atoms with van der Waals surface area (Å²) in [4.78, 5) is 14.9. The highest BCUT2D eigenvalue weighted by atomic mass is 16.5. The van der Waals surface area contributed by atoms with E-state index in [1.807, 2.05) is 0 Å². The Labute approximate surface area is 76.3 Å². The van der Waals surface area contributed by atoms with E-state index in [4.69, 9.17) is 4.52 Å². The predicted octanol–water partition coefficient (Wildman–Crippen LogP) is 1.79. The smallest absolute Gasteiger partial charge is 0.293 e. The van der Waals surface area contributed by atoms with Gasteiger partial charge in [-0.3, -0.25) is 4.79 Å². The molecule has 0 N–H and O–H groups in total. The molecule has 1 fully saturated rings. The van der Waals surface area contributed by atoms with Crippen LogP contribution in [0.1, 0.15) is 49.6 Å². The van der Waals surface area contributed by atoms with Crippen LogP contribution in [0.4, 0.5) is 0 Å². The number of ketones is 1. The summed E-state index contributed by atoms with van der Waals surface area (Å²) < 4.78 is 4.81. The minimum absolute atomic E-state index is 0.123. The van der Waals surface area contributed by atoms with Crippen molar-refractivity contribution in [3.8, 4) is 0 Å².